The summed E-state index contributed by atoms with van der Waals surface area (Å²) in [4.78, 5) is 4.80. The molecule has 1 aromatic carbocycles. The minimum Gasteiger partial charge on any atom is -0.376 e. The maximum absolute atomic E-state index is 5.86. The highest BCUT2D eigenvalue weighted by molar-refractivity contribution is 7.98. The van der Waals surface area contributed by atoms with Gasteiger partial charge < -0.3 is 9.30 Å². The van der Waals surface area contributed by atoms with Crippen molar-refractivity contribution in [1.29, 1.82) is 0 Å². The molecule has 1 saturated heterocycles. The molecule has 1 aliphatic carbocycles. The fourth-order valence-electron chi connectivity index (χ4n) is 3.44. The van der Waals surface area contributed by atoms with Gasteiger partial charge in [0.15, 0.2) is 5.16 Å². The zero-order chi connectivity index (χ0) is 18.1. The van der Waals surface area contributed by atoms with E-state index in [9.17, 15) is 0 Å². The van der Waals surface area contributed by atoms with Crippen molar-refractivity contribution in [2.45, 2.75) is 55.2 Å². The molecule has 1 aliphatic heterocycles. The highest BCUT2D eigenvalue weighted by Crippen LogP contribution is 2.40. The van der Waals surface area contributed by atoms with E-state index in [1.807, 2.05) is 6.07 Å². The zero-order valence-corrected chi connectivity index (χ0v) is 16.7. The lowest BCUT2D eigenvalue weighted by Gasteiger charge is -2.14. The highest BCUT2D eigenvalue weighted by atomic mass is 32.2. The molecule has 2 aliphatic rings. The number of thioether (sulfide) groups is 1. The van der Waals surface area contributed by atoms with Gasteiger partial charge >= 0.3 is 0 Å². The normalized spacial score (nSPS) is 19.6. The molecule has 0 N–H and O–H groups in total. The lowest BCUT2D eigenvalue weighted by atomic mass is 10.2. The molecule has 5 rings (SSSR count). The molecule has 0 bridgehead atoms. The third kappa shape index (κ3) is 3.95. The second kappa shape index (κ2) is 7.73. The van der Waals surface area contributed by atoms with E-state index in [2.05, 4.69) is 44.4 Å². The first-order valence-corrected chi connectivity index (χ1v) is 11.4. The van der Waals surface area contributed by atoms with Crippen molar-refractivity contribution in [2.24, 2.45) is 0 Å². The summed E-state index contributed by atoms with van der Waals surface area (Å²) < 4.78 is 8.16. The number of benzene rings is 1. The van der Waals surface area contributed by atoms with Crippen LogP contribution in [0.25, 0.3) is 10.6 Å². The number of thiazole rings is 1. The van der Waals surface area contributed by atoms with Gasteiger partial charge in [0, 0.05) is 29.2 Å². The van der Waals surface area contributed by atoms with Crippen LogP contribution < -0.4 is 0 Å². The Morgan fingerprint density at radius 3 is 2.81 bits per heavy atom. The fraction of sp³-hybridized carbons (Fsp3) is 0.450. The van der Waals surface area contributed by atoms with E-state index in [0.717, 1.165) is 53.4 Å². The van der Waals surface area contributed by atoms with Gasteiger partial charge in [-0.2, -0.15) is 0 Å². The van der Waals surface area contributed by atoms with Crippen molar-refractivity contribution in [3.8, 4) is 10.6 Å². The summed E-state index contributed by atoms with van der Waals surface area (Å²) in [6.07, 6.45) is 5.08. The lowest BCUT2D eigenvalue weighted by molar-refractivity contribution is 0.0942. The van der Waals surface area contributed by atoms with Gasteiger partial charge in [0.2, 0.25) is 0 Å². The van der Waals surface area contributed by atoms with Gasteiger partial charge in [0.25, 0.3) is 0 Å². The highest BCUT2D eigenvalue weighted by Gasteiger charge is 2.31. The van der Waals surface area contributed by atoms with Crippen LogP contribution in [0.3, 0.4) is 0 Å². The quantitative estimate of drug-likeness (QED) is 0.538. The molecule has 1 unspecified atom stereocenters. The Bertz CT molecular complexity index is 898. The summed E-state index contributed by atoms with van der Waals surface area (Å²) in [6, 6.07) is 10.4. The van der Waals surface area contributed by atoms with E-state index in [1.165, 1.54) is 18.4 Å². The van der Waals surface area contributed by atoms with Crippen LogP contribution in [0.2, 0.25) is 0 Å². The minimum absolute atomic E-state index is 0.307. The van der Waals surface area contributed by atoms with Crippen LogP contribution >= 0.6 is 23.1 Å². The van der Waals surface area contributed by atoms with Crippen molar-refractivity contribution >= 4 is 23.1 Å². The molecule has 2 fully saturated rings. The summed E-state index contributed by atoms with van der Waals surface area (Å²) >= 11 is 3.44. The zero-order valence-electron chi connectivity index (χ0n) is 15.1. The van der Waals surface area contributed by atoms with Crippen LogP contribution in [-0.2, 0) is 17.0 Å². The van der Waals surface area contributed by atoms with Crippen molar-refractivity contribution in [3.63, 3.8) is 0 Å². The molecule has 27 heavy (non-hydrogen) atoms. The molecular formula is C20H22N4OS2. The van der Waals surface area contributed by atoms with E-state index in [0.29, 0.717) is 12.0 Å². The maximum Gasteiger partial charge on any atom is 0.191 e. The monoisotopic (exact) mass is 398 g/mol. The second-order valence-electron chi connectivity index (χ2n) is 7.16. The predicted molar refractivity (Wildman–Crippen MR) is 108 cm³/mol. The van der Waals surface area contributed by atoms with Gasteiger partial charge in [-0.25, -0.2) is 4.98 Å². The van der Waals surface area contributed by atoms with E-state index in [4.69, 9.17) is 9.72 Å². The number of hydrogen-bond acceptors (Lipinski definition) is 6. The summed E-state index contributed by atoms with van der Waals surface area (Å²) in [5.74, 6) is 2.56. The first kappa shape index (κ1) is 17.4. The first-order chi connectivity index (χ1) is 13.4. The molecule has 3 heterocycles. The van der Waals surface area contributed by atoms with Crippen LogP contribution in [-0.4, -0.2) is 32.5 Å². The molecule has 0 amide bonds. The van der Waals surface area contributed by atoms with E-state index in [-0.39, 0.29) is 0 Å². The summed E-state index contributed by atoms with van der Waals surface area (Å²) in [5, 5.41) is 13.2. The standard InChI is InChI=1S/C20H22N4OS2/c1-2-5-15(6-3-1)19-21-16(12-26-19)13-27-20-23-22-18(14-8-9-14)24(20)11-17-7-4-10-25-17/h1-3,5-6,12,14,17H,4,7-11,13H2. The SMILES string of the molecule is c1ccc(-c2nc(CSc3nnc(C4CC4)n3CC3CCCO3)cs2)cc1. The molecule has 3 aromatic rings. The van der Waals surface area contributed by atoms with E-state index in [1.54, 1.807) is 23.1 Å². The molecule has 0 radical (unpaired) electrons. The minimum atomic E-state index is 0.307. The third-order valence-corrected chi connectivity index (χ3v) is 6.96. The average Bonchev–Trinajstić information content (AvgIpc) is 3.11. The molecule has 0 spiro atoms. The Balaban J connectivity index is 1.30. The van der Waals surface area contributed by atoms with Crippen molar-refractivity contribution in [1.82, 2.24) is 19.7 Å². The van der Waals surface area contributed by atoms with Gasteiger partial charge in [-0.1, -0.05) is 42.1 Å². The number of nitrogens with zero attached hydrogens (tertiary/aromatic N) is 4. The lowest BCUT2D eigenvalue weighted by Crippen LogP contribution is -2.17. The second-order valence-corrected chi connectivity index (χ2v) is 8.96. The number of aromatic nitrogens is 4. The summed E-state index contributed by atoms with van der Waals surface area (Å²) in [6.45, 7) is 1.77. The fourth-order valence-corrected chi connectivity index (χ4v) is 5.22. The van der Waals surface area contributed by atoms with Crippen LogP contribution in [0.15, 0.2) is 40.9 Å². The Hall–Kier alpha value is -1.70. The molecule has 1 saturated carbocycles. The van der Waals surface area contributed by atoms with Gasteiger partial charge in [0.05, 0.1) is 18.3 Å². The summed E-state index contributed by atoms with van der Waals surface area (Å²) in [7, 11) is 0. The number of rotatable bonds is 7. The van der Waals surface area contributed by atoms with Crippen molar-refractivity contribution in [2.75, 3.05) is 6.61 Å². The van der Waals surface area contributed by atoms with Gasteiger partial charge in [-0.05, 0) is 25.7 Å². The molecule has 7 heteroatoms. The largest absolute Gasteiger partial charge is 0.376 e. The maximum atomic E-state index is 5.86. The molecule has 1 atom stereocenters. The third-order valence-electron chi connectivity index (χ3n) is 5.02. The summed E-state index contributed by atoms with van der Waals surface area (Å²) in [5.41, 5.74) is 2.28. The average molecular weight is 399 g/mol. The van der Waals surface area contributed by atoms with Gasteiger partial charge in [-0.3, -0.25) is 0 Å². The molecule has 140 valence electrons. The van der Waals surface area contributed by atoms with Crippen molar-refractivity contribution < 1.29 is 4.74 Å². The van der Waals surface area contributed by atoms with Crippen molar-refractivity contribution in [3.05, 3.63) is 47.2 Å². The van der Waals surface area contributed by atoms with Crippen LogP contribution in [0.1, 0.15) is 43.1 Å². The Labute approximate surface area is 167 Å². The predicted octanol–water partition coefficient (Wildman–Crippen LogP) is 4.75. The smallest absolute Gasteiger partial charge is 0.191 e. The molecule has 2 aromatic heterocycles. The topological polar surface area (TPSA) is 52.8 Å². The van der Waals surface area contributed by atoms with Crippen LogP contribution in [0.5, 0.6) is 0 Å². The van der Waals surface area contributed by atoms with E-state index >= 15 is 0 Å². The molecule has 5 nitrogen and oxygen atoms in total. The van der Waals surface area contributed by atoms with Crippen LogP contribution in [0, 0.1) is 0 Å². The molecular weight excluding hydrogens is 376 g/mol. The van der Waals surface area contributed by atoms with Gasteiger partial charge in [0.1, 0.15) is 10.8 Å². The first-order valence-electron chi connectivity index (χ1n) is 9.54. The number of hydrogen-bond donors (Lipinski definition) is 0. The van der Waals surface area contributed by atoms with Crippen LogP contribution in [0.4, 0.5) is 0 Å². The Morgan fingerprint density at radius 1 is 1.15 bits per heavy atom. The Morgan fingerprint density at radius 2 is 2.04 bits per heavy atom. The Kier molecular flexibility index (Phi) is 4.98. The number of ether oxygens (including phenoxy) is 1. The van der Waals surface area contributed by atoms with Gasteiger partial charge in [-0.15, -0.1) is 21.5 Å². The van der Waals surface area contributed by atoms with E-state index < -0.39 is 0 Å².